The van der Waals surface area contributed by atoms with Gasteiger partial charge in [0.15, 0.2) is 55.4 Å². The maximum absolute atomic E-state index is 16.2. The predicted molar refractivity (Wildman–Crippen MR) is 347 cm³/mol. The van der Waals surface area contributed by atoms with Crippen LogP contribution in [0, 0.1) is 50.2 Å². The quantitative estimate of drug-likeness (QED) is 0.0237. The van der Waals surface area contributed by atoms with Gasteiger partial charge in [0.05, 0.1) is 62.2 Å². The molecule has 11 aliphatic rings. The fourth-order valence-electron chi connectivity index (χ4n) is 19.9. The molecule has 6 aliphatic heterocycles. The number of esters is 4. The average Bonchev–Trinajstić information content (AvgIpc) is 0.670. The van der Waals surface area contributed by atoms with Crippen molar-refractivity contribution in [2.24, 2.45) is 50.2 Å². The second kappa shape index (κ2) is 31.2. The van der Waals surface area contributed by atoms with Crippen LogP contribution in [0.2, 0.25) is 0 Å². The van der Waals surface area contributed by atoms with Crippen molar-refractivity contribution >= 4 is 29.8 Å². The van der Waals surface area contributed by atoms with Crippen LogP contribution in [-0.2, 0) is 95.0 Å². The second-order valence-electron chi connectivity index (χ2n) is 32.7. The number of fused-ring (bicyclic) bond motifs is 7. The summed E-state index contributed by atoms with van der Waals surface area (Å²) in [7, 11) is 0. The lowest BCUT2D eigenvalue weighted by Crippen LogP contribution is -2.71. The van der Waals surface area contributed by atoms with Crippen molar-refractivity contribution < 1.29 is 177 Å². The molecule has 0 bridgehead atoms. The predicted octanol–water partition coefficient (Wildman–Crippen LogP) is -4.33. The lowest BCUT2D eigenvalue weighted by atomic mass is 9.33. The highest BCUT2D eigenvalue weighted by Crippen LogP contribution is 2.76. The highest BCUT2D eigenvalue weighted by Gasteiger charge is 2.74. The average molecular weight is 1530 g/mol. The number of carbonyl (C=O) groups is 5. The largest absolute Gasteiger partial charge is 0.481 e. The molecule has 0 aromatic rings. The molecule has 4 saturated carbocycles. The van der Waals surface area contributed by atoms with Crippen LogP contribution in [0.1, 0.15) is 127 Å². The molecule has 5 aliphatic carbocycles. The van der Waals surface area contributed by atoms with E-state index >= 15 is 4.79 Å². The molecule has 6 saturated heterocycles. The Balaban J connectivity index is 0.899. The van der Waals surface area contributed by atoms with E-state index in [-0.39, 0.29) is 44.9 Å². The van der Waals surface area contributed by atoms with Crippen LogP contribution >= 0.6 is 0 Å². The molecular formula is C70H108O36. The summed E-state index contributed by atoms with van der Waals surface area (Å²) in [5.41, 5.74) is -8.47. The molecule has 0 spiro atoms. The Hall–Kier alpha value is -3.95. The van der Waals surface area contributed by atoms with Gasteiger partial charge in [-0.25, -0.2) is 0 Å². The van der Waals surface area contributed by atoms with Gasteiger partial charge in [0, 0.05) is 26.2 Å². The third-order valence-electron chi connectivity index (χ3n) is 25.7. The van der Waals surface area contributed by atoms with E-state index in [1.807, 2.05) is 19.9 Å². The van der Waals surface area contributed by atoms with E-state index in [1.165, 1.54) is 20.8 Å². The lowest BCUT2D eigenvalue weighted by Gasteiger charge is -2.71. The maximum Gasteiger partial charge on any atom is 0.315 e. The Bertz CT molecular complexity index is 3180. The van der Waals surface area contributed by atoms with Crippen LogP contribution < -0.4 is 0 Å². The van der Waals surface area contributed by atoms with Crippen LogP contribution in [0.5, 0.6) is 0 Å². The smallest absolute Gasteiger partial charge is 0.315 e. The highest BCUT2D eigenvalue weighted by atomic mass is 16.8. The van der Waals surface area contributed by atoms with Crippen molar-refractivity contribution in [2.75, 3.05) is 39.6 Å². The summed E-state index contributed by atoms with van der Waals surface area (Å²) in [6, 6.07) is 0. The van der Waals surface area contributed by atoms with Gasteiger partial charge in [0.2, 0.25) is 6.29 Å². The Morgan fingerprint density at radius 3 is 1.74 bits per heavy atom. The Kier molecular flexibility index (Phi) is 24.4. The van der Waals surface area contributed by atoms with Crippen LogP contribution in [0.4, 0.5) is 0 Å². The molecule has 0 unspecified atom stereocenters. The number of aliphatic hydroxyl groups excluding tert-OH is 14. The zero-order chi connectivity index (χ0) is 77.8. The van der Waals surface area contributed by atoms with Crippen LogP contribution in [-0.4, -0.2) is 329 Å². The molecule has 106 heavy (non-hydrogen) atoms. The number of hydrogen-bond acceptors (Lipinski definition) is 35. The van der Waals surface area contributed by atoms with Gasteiger partial charge >= 0.3 is 29.8 Å². The van der Waals surface area contributed by atoms with Crippen molar-refractivity contribution in [3.8, 4) is 0 Å². The first kappa shape index (κ1) is 83.0. The normalized spacial score (nSPS) is 50.7. The summed E-state index contributed by atoms with van der Waals surface area (Å²) < 4.78 is 90.2. The van der Waals surface area contributed by atoms with Crippen LogP contribution in [0.25, 0.3) is 0 Å². The van der Waals surface area contributed by atoms with Gasteiger partial charge in [0.25, 0.3) is 0 Å². The Morgan fingerprint density at radius 2 is 1.10 bits per heavy atom. The van der Waals surface area contributed by atoms with Crippen molar-refractivity contribution in [3.63, 3.8) is 0 Å². The van der Waals surface area contributed by atoms with Gasteiger partial charge in [0.1, 0.15) is 104 Å². The minimum atomic E-state index is -2.26. The van der Waals surface area contributed by atoms with Crippen molar-refractivity contribution in [1.29, 1.82) is 0 Å². The fourth-order valence-corrected chi connectivity index (χ4v) is 19.9. The number of carboxylic acid groups (broad SMARTS) is 1. The standard InChI is InChI=1S/C70H108O36/c1-27-48(101-56-45(84)40(79)35(78)23-92-56)50(102-61-54(87)70(91,26-94-61)25-93-29(3)74)47(86)58(95-27)104-53-52(98-31(5)76)49(97-30(4)75)28(2)96-60(53)106-63(90)68-16-15-64(6,7)19-33(68)32-11-12-38-65(8)20-34(77)55(67(10,62(88)89)39(65)13-14-66(38,9)69(32,24-73)18-17-68)105-59-51(44(83)42(81)37(22-72)100-59)103-57-46(85)43(82)41(80)36(21-71)99-57/h11,27-28,33-61,71-73,77-87,91H,12-26H2,1-10H3,(H,88,89)/t27-,28+,33-,34-,35+,36+,37+,38+,39+,40-,41+,42+,43-,44-,45+,46+,47+,48-,49-,50-,51+,52-,53+,54-,55-,56-,57-,58-,59-,60-,61-,65+,66+,67-,68-,69-,70+/m0/s1. The minimum absolute atomic E-state index is 0.0849. The van der Waals surface area contributed by atoms with Crippen molar-refractivity contribution in [2.45, 2.75) is 305 Å². The topological polar surface area (TPSA) is 547 Å². The first-order valence-electron chi connectivity index (χ1n) is 36.4. The number of hydrogen-bond donors (Lipinski definition) is 16. The van der Waals surface area contributed by atoms with Gasteiger partial charge in [-0.05, 0) is 113 Å². The van der Waals surface area contributed by atoms with E-state index < -0.39 is 297 Å². The number of rotatable bonds is 20. The monoisotopic (exact) mass is 1520 g/mol. The molecule has 10 fully saturated rings. The summed E-state index contributed by atoms with van der Waals surface area (Å²) >= 11 is 0. The van der Waals surface area contributed by atoms with Gasteiger partial charge in [-0.15, -0.1) is 0 Å². The third-order valence-corrected chi connectivity index (χ3v) is 25.7. The van der Waals surface area contributed by atoms with E-state index in [1.54, 1.807) is 0 Å². The SMILES string of the molecule is CC(=O)OC[C@@]1(O)CO[C@@H](O[C@H]2[C@@H](O)[C@H](O[C@H]3[C@H](OC(=O)[C@]45CCC(C)(C)C[C@H]4C4=CC[C@@H]6[C@@]7(C)C[C@H](O)[C@H](O[C@@H]8O[C@H](CO)[C@@H](O)[C@H](O)[C@H]8O[C@@H]8O[C@H](CO)[C@@H](O)[C@H](O)[C@H]8O)[C@@](C)(C(=O)O)[C@@H]7CC[C@@]6(C)[C@]4(CO)CC5)O[C@H](C)[C@H](OC(C)=O)[C@@H]3OC(C)=O)O[C@@H](C)[C@@H]2O[C@@H]2OC[C@@H](O)[C@H](O)[C@H]2O)[C@@H]1O. The lowest BCUT2D eigenvalue weighted by molar-refractivity contribution is -0.384. The molecule has 0 aromatic heterocycles. The molecule has 36 heteroatoms. The molecule has 0 aromatic carbocycles. The molecule has 11 rings (SSSR count). The van der Waals surface area contributed by atoms with Gasteiger partial charge < -0.3 is 153 Å². The van der Waals surface area contributed by atoms with E-state index in [4.69, 9.17) is 71.1 Å². The number of allylic oxidation sites excluding steroid dienone is 1. The summed E-state index contributed by atoms with van der Waals surface area (Å²) in [4.78, 5) is 68.5. The molecule has 37 atom stereocenters. The number of aliphatic hydroxyl groups is 15. The highest BCUT2D eigenvalue weighted by molar-refractivity contribution is 5.79. The van der Waals surface area contributed by atoms with Crippen molar-refractivity contribution in [1.82, 2.24) is 0 Å². The molecule has 0 radical (unpaired) electrons. The zero-order valence-corrected chi connectivity index (χ0v) is 60.9. The first-order valence-corrected chi connectivity index (χ1v) is 36.4. The van der Waals surface area contributed by atoms with Crippen LogP contribution in [0.3, 0.4) is 0 Å². The molecule has 6 heterocycles. The Morgan fingerprint density at radius 1 is 0.528 bits per heavy atom. The molecule has 0 amide bonds. The summed E-state index contributed by atoms with van der Waals surface area (Å²) in [5.74, 6) is -6.81. The van der Waals surface area contributed by atoms with Gasteiger partial charge in [-0.2, -0.15) is 0 Å². The van der Waals surface area contributed by atoms with E-state index in [0.717, 1.165) is 26.3 Å². The van der Waals surface area contributed by atoms with E-state index in [2.05, 4.69) is 13.8 Å². The molecular weight excluding hydrogens is 1420 g/mol. The first-order chi connectivity index (χ1) is 49.6. The number of ether oxygens (including phenoxy) is 15. The van der Waals surface area contributed by atoms with Gasteiger partial charge in [-0.3, -0.25) is 24.0 Å². The van der Waals surface area contributed by atoms with Gasteiger partial charge in [-0.1, -0.05) is 39.3 Å². The maximum atomic E-state index is 16.2. The third kappa shape index (κ3) is 14.5. The molecule has 36 nitrogen and oxygen atoms in total. The molecule has 604 valence electrons. The summed E-state index contributed by atoms with van der Waals surface area (Å²) in [6.45, 7) is 11.4. The second-order valence-corrected chi connectivity index (χ2v) is 32.7. The number of carbonyl (C=O) groups excluding carboxylic acids is 4. The molecule has 16 N–H and O–H groups in total. The number of aliphatic carboxylic acids is 1. The number of carboxylic acids is 1. The van der Waals surface area contributed by atoms with E-state index in [0.29, 0.717) is 12.8 Å². The zero-order valence-electron chi connectivity index (χ0n) is 60.9. The minimum Gasteiger partial charge on any atom is -0.481 e. The fraction of sp³-hybridized carbons (Fsp3) is 0.900. The van der Waals surface area contributed by atoms with Crippen molar-refractivity contribution in [3.05, 3.63) is 11.6 Å². The summed E-state index contributed by atoms with van der Waals surface area (Å²) in [5, 5.41) is 179. The summed E-state index contributed by atoms with van der Waals surface area (Å²) in [6.07, 6.45) is -45.8. The van der Waals surface area contributed by atoms with Crippen LogP contribution in [0.15, 0.2) is 11.6 Å². The Labute approximate surface area is 610 Å². The van der Waals surface area contributed by atoms with E-state index in [9.17, 15) is 101 Å².